The highest BCUT2D eigenvalue weighted by molar-refractivity contribution is 7.91. The summed E-state index contributed by atoms with van der Waals surface area (Å²) in [4.78, 5) is 11.3. The Balaban J connectivity index is 2.42. The van der Waals surface area contributed by atoms with Crippen LogP contribution in [0.25, 0.3) is 0 Å². The van der Waals surface area contributed by atoms with Gasteiger partial charge in [-0.1, -0.05) is 30.5 Å². The second-order valence-corrected chi connectivity index (χ2v) is 8.24. The van der Waals surface area contributed by atoms with E-state index < -0.39 is 21.2 Å². The van der Waals surface area contributed by atoms with E-state index in [1.807, 2.05) is 6.92 Å². The Morgan fingerprint density at radius 1 is 1.10 bits per heavy atom. The first-order valence-electron chi connectivity index (χ1n) is 7.18. The third-order valence-electron chi connectivity index (χ3n) is 3.67. The summed E-state index contributed by atoms with van der Waals surface area (Å²) < 4.78 is 24.2. The molecule has 0 aliphatic heterocycles. The lowest BCUT2D eigenvalue weighted by molar-refractivity contribution is -0.147. The van der Waals surface area contributed by atoms with Crippen LogP contribution < -0.4 is 0 Å². The Kier molecular flexibility index (Phi) is 5.96. The SMILES string of the molecule is Cc1ccc(S(=O)(=O)CCCCCC(C)(C)C(=O)O)cc1. The fourth-order valence-corrected chi connectivity index (χ4v) is 3.38. The Morgan fingerprint density at radius 2 is 1.67 bits per heavy atom. The third-order valence-corrected chi connectivity index (χ3v) is 5.49. The van der Waals surface area contributed by atoms with Gasteiger partial charge in [0.2, 0.25) is 0 Å². The first kappa shape index (κ1) is 17.7. The summed E-state index contributed by atoms with van der Waals surface area (Å²) in [5.74, 6) is -0.696. The van der Waals surface area contributed by atoms with E-state index in [0.717, 1.165) is 18.4 Å². The van der Waals surface area contributed by atoms with E-state index in [1.54, 1.807) is 38.1 Å². The number of unbranched alkanes of at least 4 members (excludes halogenated alkanes) is 2. The molecule has 4 nitrogen and oxygen atoms in total. The number of hydrogen-bond donors (Lipinski definition) is 1. The summed E-state index contributed by atoms with van der Waals surface area (Å²) in [7, 11) is -3.23. The molecule has 0 atom stereocenters. The molecule has 0 radical (unpaired) electrons. The highest BCUT2D eigenvalue weighted by Gasteiger charge is 2.26. The van der Waals surface area contributed by atoms with Crippen molar-refractivity contribution in [3.05, 3.63) is 29.8 Å². The van der Waals surface area contributed by atoms with Crippen molar-refractivity contribution in [2.45, 2.75) is 51.3 Å². The van der Waals surface area contributed by atoms with Crippen LogP contribution in [0.5, 0.6) is 0 Å². The van der Waals surface area contributed by atoms with Crippen molar-refractivity contribution >= 4 is 15.8 Å². The van der Waals surface area contributed by atoms with Gasteiger partial charge >= 0.3 is 5.97 Å². The first-order chi connectivity index (χ1) is 9.65. The van der Waals surface area contributed by atoms with Gasteiger partial charge in [-0.3, -0.25) is 4.79 Å². The normalized spacial score (nSPS) is 12.3. The Bertz CT molecular complexity index is 571. The maximum absolute atomic E-state index is 12.1. The van der Waals surface area contributed by atoms with Gasteiger partial charge < -0.3 is 5.11 Å². The van der Waals surface area contributed by atoms with Crippen molar-refractivity contribution < 1.29 is 18.3 Å². The lowest BCUT2D eigenvalue weighted by atomic mass is 9.87. The number of rotatable bonds is 8. The summed E-state index contributed by atoms with van der Waals surface area (Å²) >= 11 is 0. The van der Waals surface area contributed by atoms with Crippen LogP contribution in [-0.2, 0) is 14.6 Å². The molecule has 0 bridgehead atoms. The summed E-state index contributed by atoms with van der Waals surface area (Å²) in [6.45, 7) is 5.30. The summed E-state index contributed by atoms with van der Waals surface area (Å²) in [5.41, 5.74) is 0.292. The minimum Gasteiger partial charge on any atom is -0.481 e. The van der Waals surface area contributed by atoms with Gasteiger partial charge in [-0.25, -0.2) is 8.42 Å². The van der Waals surface area contributed by atoms with Crippen molar-refractivity contribution in [2.75, 3.05) is 5.75 Å². The minimum atomic E-state index is -3.23. The fourth-order valence-electron chi connectivity index (χ4n) is 2.01. The second kappa shape index (κ2) is 7.07. The molecule has 0 aliphatic rings. The van der Waals surface area contributed by atoms with E-state index in [-0.39, 0.29) is 5.75 Å². The van der Waals surface area contributed by atoms with Crippen LogP contribution in [-0.4, -0.2) is 25.2 Å². The van der Waals surface area contributed by atoms with E-state index in [0.29, 0.717) is 17.7 Å². The van der Waals surface area contributed by atoms with Gasteiger partial charge in [0.15, 0.2) is 9.84 Å². The van der Waals surface area contributed by atoms with E-state index in [9.17, 15) is 13.2 Å². The molecule has 0 fully saturated rings. The second-order valence-electron chi connectivity index (χ2n) is 6.13. The number of benzene rings is 1. The monoisotopic (exact) mass is 312 g/mol. The fraction of sp³-hybridized carbons (Fsp3) is 0.562. The number of aryl methyl sites for hydroxylation is 1. The molecule has 0 aromatic heterocycles. The standard InChI is InChI=1S/C16H24O4S/c1-13-7-9-14(10-8-13)21(19,20)12-6-4-5-11-16(2,3)15(17)18/h7-10H,4-6,11-12H2,1-3H3,(H,17,18). The van der Waals surface area contributed by atoms with Crippen LogP contribution in [0.2, 0.25) is 0 Å². The first-order valence-corrected chi connectivity index (χ1v) is 8.83. The topological polar surface area (TPSA) is 71.4 Å². The van der Waals surface area contributed by atoms with Gasteiger partial charge in [-0.2, -0.15) is 0 Å². The molecule has 118 valence electrons. The average molecular weight is 312 g/mol. The number of carboxylic acids is 1. The van der Waals surface area contributed by atoms with Gasteiger partial charge in [-0.15, -0.1) is 0 Å². The van der Waals surface area contributed by atoms with Crippen molar-refractivity contribution in [2.24, 2.45) is 5.41 Å². The third kappa shape index (κ3) is 5.50. The summed E-state index contributed by atoms with van der Waals surface area (Å²) in [5, 5.41) is 9.00. The lowest BCUT2D eigenvalue weighted by Gasteiger charge is -2.18. The molecule has 1 N–H and O–H groups in total. The largest absolute Gasteiger partial charge is 0.481 e. The quantitative estimate of drug-likeness (QED) is 0.746. The maximum atomic E-state index is 12.1. The van der Waals surface area contributed by atoms with Crippen LogP contribution in [0.4, 0.5) is 0 Å². The Labute approximate surface area is 127 Å². The molecular weight excluding hydrogens is 288 g/mol. The van der Waals surface area contributed by atoms with Crippen molar-refractivity contribution in [1.82, 2.24) is 0 Å². The van der Waals surface area contributed by atoms with Crippen molar-refractivity contribution in [1.29, 1.82) is 0 Å². The molecule has 0 spiro atoms. The smallest absolute Gasteiger partial charge is 0.309 e. The zero-order chi connectivity index (χ0) is 16.1. The molecular formula is C16H24O4S. The molecule has 1 rings (SSSR count). The van der Waals surface area contributed by atoms with E-state index in [4.69, 9.17) is 5.11 Å². The molecule has 0 amide bonds. The number of carbonyl (C=O) groups is 1. The minimum absolute atomic E-state index is 0.115. The highest BCUT2D eigenvalue weighted by atomic mass is 32.2. The van der Waals surface area contributed by atoms with E-state index in [1.165, 1.54) is 0 Å². The number of aliphatic carboxylic acids is 1. The zero-order valence-electron chi connectivity index (χ0n) is 12.9. The highest BCUT2D eigenvalue weighted by Crippen LogP contribution is 2.24. The summed E-state index contributed by atoms with van der Waals surface area (Å²) in [6, 6.07) is 6.86. The molecule has 0 heterocycles. The average Bonchev–Trinajstić information content (AvgIpc) is 2.38. The maximum Gasteiger partial charge on any atom is 0.309 e. The van der Waals surface area contributed by atoms with E-state index in [2.05, 4.69) is 0 Å². The van der Waals surface area contributed by atoms with Crippen LogP contribution in [0.1, 0.15) is 45.1 Å². The predicted octanol–water partition coefficient (Wildman–Crippen LogP) is 3.44. The van der Waals surface area contributed by atoms with Crippen LogP contribution in [0, 0.1) is 12.3 Å². The lowest BCUT2D eigenvalue weighted by Crippen LogP contribution is -2.23. The van der Waals surface area contributed by atoms with Gasteiger partial charge in [0, 0.05) is 0 Å². The molecule has 1 aromatic carbocycles. The Hall–Kier alpha value is -1.36. The molecule has 21 heavy (non-hydrogen) atoms. The number of hydrogen-bond acceptors (Lipinski definition) is 3. The molecule has 0 aliphatic carbocycles. The number of carboxylic acid groups (broad SMARTS) is 1. The van der Waals surface area contributed by atoms with E-state index >= 15 is 0 Å². The molecule has 0 unspecified atom stereocenters. The van der Waals surface area contributed by atoms with Gasteiger partial charge in [0.05, 0.1) is 16.1 Å². The van der Waals surface area contributed by atoms with Gasteiger partial charge in [-0.05, 0) is 45.7 Å². The van der Waals surface area contributed by atoms with Gasteiger partial charge in [0.1, 0.15) is 0 Å². The Morgan fingerprint density at radius 3 is 2.19 bits per heavy atom. The zero-order valence-corrected chi connectivity index (χ0v) is 13.7. The van der Waals surface area contributed by atoms with Crippen LogP contribution in [0.3, 0.4) is 0 Å². The molecule has 5 heteroatoms. The van der Waals surface area contributed by atoms with Gasteiger partial charge in [0.25, 0.3) is 0 Å². The molecule has 0 saturated heterocycles. The number of sulfone groups is 1. The summed E-state index contributed by atoms with van der Waals surface area (Å²) in [6.07, 6.45) is 2.57. The van der Waals surface area contributed by atoms with Crippen molar-refractivity contribution in [3.8, 4) is 0 Å². The van der Waals surface area contributed by atoms with Crippen LogP contribution in [0.15, 0.2) is 29.2 Å². The predicted molar refractivity (Wildman–Crippen MR) is 83.1 cm³/mol. The molecule has 0 saturated carbocycles. The van der Waals surface area contributed by atoms with Crippen molar-refractivity contribution in [3.63, 3.8) is 0 Å². The molecule has 1 aromatic rings. The van der Waals surface area contributed by atoms with Crippen LogP contribution >= 0.6 is 0 Å².